The van der Waals surface area contributed by atoms with Gasteiger partial charge in [-0.15, -0.1) is 0 Å². The summed E-state index contributed by atoms with van der Waals surface area (Å²) in [6.45, 7) is 3.23. The molecule has 0 bridgehead atoms. The van der Waals surface area contributed by atoms with E-state index in [-0.39, 0.29) is 18.2 Å². The SMILES string of the molecule is CCc1ccc(C2=CCN(c3cc4c(cc3[N+](=O)[O-])OCC(=O)N4)CC2)cc1. The van der Waals surface area contributed by atoms with E-state index in [1.54, 1.807) is 6.07 Å². The monoisotopic (exact) mass is 379 g/mol. The van der Waals surface area contributed by atoms with Crippen molar-refractivity contribution in [2.24, 2.45) is 0 Å². The summed E-state index contributed by atoms with van der Waals surface area (Å²) >= 11 is 0. The first-order valence-electron chi connectivity index (χ1n) is 9.33. The standard InChI is InChI=1S/C21H21N3O4/c1-2-14-3-5-15(6-4-14)16-7-9-23(10-8-16)18-11-17-20(12-19(18)24(26)27)28-13-21(25)22-17/h3-7,11-12H,2,8-10,13H2,1H3,(H,22,25). The summed E-state index contributed by atoms with van der Waals surface area (Å²) in [5, 5.41) is 14.3. The zero-order valence-electron chi connectivity index (χ0n) is 15.6. The van der Waals surface area contributed by atoms with Gasteiger partial charge in [-0.2, -0.15) is 0 Å². The second-order valence-corrected chi connectivity index (χ2v) is 6.91. The average Bonchev–Trinajstić information content (AvgIpc) is 2.73. The van der Waals surface area contributed by atoms with Crippen molar-refractivity contribution in [1.82, 2.24) is 0 Å². The lowest BCUT2D eigenvalue weighted by molar-refractivity contribution is -0.384. The molecule has 0 spiro atoms. The number of nitro benzene ring substituents is 1. The summed E-state index contributed by atoms with van der Waals surface area (Å²) in [5.74, 6) is 0.0722. The molecule has 4 rings (SSSR count). The minimum absolute atomic E-state index is 0.0148. The molecule has 2 aromatic rings. The number of anilines is 2. The average molecular weight is 379 g/mol. The van der Waals surface area contributed by atoms with E-state index in [0.29, 0.717) is 30.2 Å². The third-order valence-corrected chi connectivity index (χ3v) is 5.19. The maximum absolute atomic E-state index is 11.6. The number of ether oxygens (including phenoxy) is 1. The first-order valence-corrected chi connectivity index (χ1v) is 9.33. The molecule has 0 atom stereocenters. The smallest absolute Gasteiger partial charge is 0.296 e. The van der Waals surface area contributed by atoms with E-state index in [2.05, 4.69) is 42.6 Å². The Kier molecular flexibility index (Phi) is 4.73. The van der Waals surface area contributed by atoms with E-state index >= 15 is 0 Å². The Morgan fingerprint density at radius 3 is 2.68 bits per heavy atom. The summed E-state index contributed by atoms with van der Waals surface area (Å²) < 4.78 is 5.32. The highest BCUT2D eigenvalue weighted by molar-refractivity contribution is 5.97. The Bertz CT molecular complexity index is 966. The molecule has 2 aliphatic heterocycles. The molecular formula is C21H21N3O4. The maximum atomic E-state index is 11.6. The molecule has 0 aliphatic carbocycles. The van der Waals surface area contributed by atoms with Crippen molar-refractivity contribution < 1.29 is 14.5 Å². The molecular weight excluding hydrogens is 358 g/mol. The highest BCUT2D eigenvalue weighted by atomic mass is 16.6. The quantitative estimate of drug-likeness (QED) is 0.645. The Morgan fingerprint density at radius 1 is 1.25 bits per heavy atom. The maximum Gasteiger partial charge on any atom is 0.296 e. The fourth-order valence-electron chi connectivity index (χ4n) is 3.61. The van der Waals surface area contributed by atoms with Gasteiger partial charge in [0.2, 0.25) is 0 Å². The third-order valence-electron chi connectivity index (χ3n) is 5.19. The van der Waals surface area contributed by atoms with Crippen LogP contribution in [0.5, 0.6) is 5.75 Å². The van der Waals surface area contributed by atoms with Crippen molar-refractivity contribution in [1.29, 1.82) is 0 Å². The van der Waals surface area contributed by atoms with Gasteiger partial charge in [0.1, 0.15) is 5.69 Å². The predicted molar refractivity (Wildman–Crippen MR) is 108 cm³/mol. The number of amides is 1. The molecule has 2 aliphatic rings. The van der Waals surface area contributed by atoms with E-state index in [0.717, 1.165) is 12.8 Å². The van der Waals surface area contributed by atoms with Crippen molar-refractivity contribution >= 4 is 28.5 Å². The molecule has 2 heterocycles. The fourth-order valence-corrected chi connectivity index (χ4v) is 3.61. The van der Waals surface area contributed by atoms with Gasteiger partial charge >= 0.3 is 0 Å². The van der Waals surface area contributed by atoms with Crippen LogP contribution in [0.2, 0.25) is 0 Å². The first-order chi connectivity index (χ1) is 13.5. The summed E-state index contributed by atoms with van der Waals surface area (Å²) in [5.41, 5.74) is 4.69. The van der Waals surface area contributed by atoms with Gasteiger partial charge in [-0.25, -0.2) is 0 Å². The van der Waals surface area contributed by atoms with Crippen molar-refractivity contribution in [3.8, 4) is 5.75 Å². The van der Waals surface area contributed by atoms with Gasteiger partial charge in [0.05, 0.1) is 16.7 Å². The van der Waals surface area contributed by atoms with Crippen LogP contribution >= 0.6 is 0 Å². The summed E-state index contributed by atoms with van der Waals surface area (Å²) in [4.78, 5) is 24.7. The zero-order chi connectivity index (χ0) is 19.7. The molecule has 0 unspecified atom stereocenters. The van der Waals surface area contributed by atoms with Gasteiger partial charge < -0.3 is 15.0 Å². The second kappa shape index (κ2) is 7.34. The fraction of sp³-hybridized carbons (Fsp3) is 0.286. The van der Waals surface area contributed by atoms with Crippen LogP contribution in [0.4, 0.5) is 17.1 Å². The Hall–Kier alpha value is -3.35. The molecule has 0 saturated heterocycles. The van der Waals surface area contributed by atoms with Crippen LogP contribution in [0.3, 0.4) is 0 Å². The highest BCUT2D eigenvalue weighted by Crippen LogP contribution is 2.40. The minimum Gasteiger partial charge on any atom is -0.481 e. The lowest BCUT2D eigenvalue weighted by Gasteiger charge is -2.29. The van der Waals surface area contributed by atoms with Crippen LogP contribution in [0.25, 0.3) is 5.57 Å². The van der Waals surface area contributed by atoms with Crippen LogP contribution in [-0.4, -0.2) is 30.5 Å². The number of benzene rings is 2. The van der Waals surface area contributed by atoms with E-state index in [4.69, 9.17) is 4.74 Å². The Balaban J connectivity index is 1.61. The van der Waals surface area contributed by atoms with Crippen LogP contribution in [0.15, 0.2) is 42.5 Å². The number of nitrogens with zero attached hydrogens (tertiary/aromatic N) is 2. The number of rotatable bonds is 4. The summed E-state index contributed by atoms with van der Waals surface area (Å²) in [7, 11) is 0. The van der Waals surface area contributed by atoms with Crippen LogP contribution in [0, 0.1) is 10.1 Å². The topological polar surface area (TPSA) is 84.7 Å². The lowest BCUT2D eigenvalue weighted by atomic mass is 9.97. The van der Waals surface area contributed by atoms with Gasteiger partial charge in [-0.05, 0) is 35.6 Å². The van der Waals surface area contributed by atoms with Gasteiger partial charge in [0.15, 0.2) is 12.4 Å². The van der Waals surface area contributed by atoms with E-state index < -0.39 is 4.92 Å². The minimum atomic E-state index is -0.405. The van der Waals surface area contributed by atoms with Crippen molar-refractivity contribution in [3.05, 3.63) is 63.7 Å². The summed E-state index contributed by atoms with van der Waals surface area (Å²) in [6, 6.07) is 11.6. The number of carbonyl (C=O) groups is 1. The molecule has 1 N–H and O–H groups in total. The zero-order valence-corrected chi connectivity index (χ0v) is 15.6. The van der Waals surface area contributed by atoms with Crippen molar-refractivity contribution in [2.45, 2.75) is 19.8 Å². The molecule has 2 aromatic carbocycles. The van der Waals surface area contributed by atoms with Crippen LogP contribution in [-0.2, 0) is 11.2 Å². The molecule has 0 aromatic heterocycles. The largest absolute Gasteiger partial charge is 0.481 e. The summed E-state index contributed by atoms with van der Waals surface area (Å²) in [6.07, 6.45) is 3.92. The Morgan fingerprint density at radius 2 is 2.04 bits per heavy atom. The van der Waals surface area contributed by atoms with Gasteiger partial charge in [0, 0.05) is 13.1 Å². The molecule has 144 valence electrons. The van der Waals surface area contributed by atoms with Gasteiger partial charge in [-0.3, -0.25) is 14.9 Å². The third kappa shape index (κ3) is 3.43. The number of hydrogen-bond donors (Lipinski definition) is 1. The highest BCUT2D eigenvalue weighted by Gasteiger charge is 2.27. The number of nitro groups is 1. The molecule has 0 fully saturated rings. The Labute approximate surface area is 162 Å². The number of hydrogen-bond acceptors (Lipinski definition) is 5. The van der Waals surface area contributed by atoms with Crippen molar-refractivity contribution in [3.63, 3.8) is 0 Å². The molecule has 7 nitrogen and oxygen atoms in total. The molecule has 0 saturated carbocycles. The number of carbonyl (C=O) groups excluding carboxylic acids is 1. The first kappa shape index (κ1) is 18.0. The van der Waals surface area contributed by atoms with Crippen molar-refractivity contribution in [2.75, 3.05) is 29.9 Å². The molecule has 7 heteroatoms. The van der Waals surface area contributed by atoms with E-state index in [1.807, 2.05) is 4.90 Å². The molecule has 1 amide bonds. The molecule has 28 heavy (non-hydrogen) atoms. The van der Waals surface area contributed by atoms with Crippen LogP contribution < -0.4 is 15.0 Å². The van der Waals surface area contributed by atoms with E-state index in [1.165, 1.54) is 22.8 Å². The predicted octanol–water partition coefficient (Wildman–Crippen LogP) is 3.78. The lowest BCUT2D eigenvalue weighted by Crippen LogP contribution is -2.30. The number of nitrogens with one attached hydrogen (secondary N) is 1. The van der Waals surface area contributed by atoms with Gasteiger partial charge in [-0.1, -0.05) is 37.3 Å². The van der Waals surface area contributed by atoms with Gasteiger partial charge in [0.25, 0.3) is 11.6 Å². The normalized spacial score (nSPS) is 16.0. The number of aryl methyl sites for hydroxylation is 1. The van der Waals surface area contributed by atoms with E-state index in [9.17, 15) is 14.9 Å². The number of fused-ring (bicyclic) bond motifs is 1. The molecule has 0 radical (unpaired) electrons. The second-order valence-electron chi connectivity index (χ2n) is 6.91. The van der Waals surface area contributed by atoms with Crippen LogP contribution in [0.1, 0.15) is 24.5 Å².